The van der Waals surface area contributed by atoms with E-state index in [0.29, 0.717) is 13.0 Å². The van der Waals surface area contributed by atoms with Crippen molar-refractivity contribution < 1.29 is 22.7 Å². The molecule has 2 N–H and O–H groups in total. The van der Waals surface area contributed by atoms with Crippen LogP contribution in [0, 0.1) is 0 Å². The largest absolute Gasteiger partial charge is 0.445 e. The number of hydrogen-bond acceptors (Lipinski definition) is 6. The van der Waals surface area contributed by atoms with Crippen molar-refractivity contribution in [2.45, 2.75) is 30.4 Å². The van der Waals surface area contributed by atoms with Crippen molar-refractivity contribution >= 4 is 27.5 Å². The molecule has 0 saturated heterocycles. The molecule has 37 heavy (non-hydrogen) atoms. The molecule has 3 aromatic carbocycles. The molecule has 8 nitrogen and oxygen atoms in total. The quantitative estimate of drug-likeness (QED) is 0.367. The number of nitrogens with one attached hydrogen (secondary N) is 2. The molecule has 3 rings (SSSR count). The van der Waals surface area contributed by atoms with E-state index in [1.165, 1.54) is 0 Å². The highest BCUT2D eigenvalue weighted by molar-refractivity contribution is 7.90. The SMILES string of the molecule is CN(C)c1cccc(C(NC(=O)CCCNC(=O)OCc2ccccc2)c2ccc(S(C)(=O)=O)cc2)c1. The van der Waals surface area contributed by atoms with Crippen LogP contribution >= 0.6 is 0 Å². The molecule has 196 valence electrons. The number of rotatable bonds is 11. The van der Waals surface area contributed by atoms with Crippen molar-refractivity contribution in [3.8, 4) is 0 Å². The number of ether oxygens (including phenoxy) is 1. The number of sulfone groups is 1. The zero-order chi connectivity index (χ0) is 26.8. The first-order valence-electron chi connectivity index (χ1n) is 11.9. The molecule has 0 saturated carbocycles. The molecule has 0 aromatic heterocycles. The highest BCUT2D eigenvalue weighted by atomic mass is 32.2. The van der Waals surface area contributed by atoms with Gasteiger partial charge in [-0.15, -0.1) is 0 Å². The first kappa shape index (κ1) is 27.7. The van der Waals surface area contributed by atoms with Gasteiger partial charge >= 0.3 is 6.09 Å². The lowest BCUT2D eigenvalue weighted by Crippen LogP contribution is -2.31. The van der Waals surface area contributed by atoms with Gasteiger partial charge in [-0.05, 0) is 47.4 Å². The molecule has 0 heterocycles. The molecule has 2 amide bonds. The number of nitrogens with zero attached hydrogens (tertiary/aromatic N) is 1. The first-order valence-corrected chi connectivity index (χ1v) is 13.8. The van der Waals surface area contributed by atoms with Crippen molar-refractivity contribution in [2.75, 3.05) is 31.8 Å². The summed E-state index contributed by atoms with van der Waals surface area (Å²) in [6, 6.07) is 23.2. The van der Waals surface area contributed by atoms with Crippen LogP contribution < -0.4 is 15.5 Å². The number of benzene rings is 3. The molecular weight excluding hydrogens is 490 g/mol. The second-order valence-corrected chi connectivity index (χ2v) is 10.9. The summed E-state index contributed by atoms with van der Waals surface area (Å²) in [7, 11) is 0.540. The van der Waals surface area contributed by atoms with E-state index < -0.39 is 22.0 Å². The molecule has 0 bridgehead atoms. The molecule has 1 unspecified atom stereocenters. The smallest absolute Gasteiger partial charge is 0.407 e. The van der Waals surface area contributed by atoms with E-state index in [1.54, 1.807) is 24.3 Å². The summed E-state index contributed by atoms with van der Waals surface area (Å²) < 4.78 is 28.9. The van der Waals surface area contributed by atoms with Gasteiger partial charge in [0.1, 0.15) is 6.61 Å². The average Bonchev–Trinajstić information content (AvgIpc) is 2.89. The van der Waals surface area contributed by atoms with Gasteiger partial charge in [-0.1, -0.05) is 54.6 Å². The van der Waals surface area contributed by atoms with Crippen LogP contribution in [0.25, 0.3) is 0 Å². The molecule has 0 radical (unpaired) electrons. The minimum absolute atomic E-state index is 0.180. The zero-order valence-electron chi connectivity index (χ0n) is 21.3. The van der Waals surface area contributed by atoms with Gasteiger partial charge < -0.3 is 20.3 Å². The molecule has 3 aromatic rings. The van der Waals surface area contributed by atoms with Gasteiger partial charge in [0.05, 0.1) is 10.9 Å². The Morgan fingerprint density at radius 2 is 1.62 bits per heavy atom. The van der Waals surface area contributed by atoms with Crippen LogP contribution in [0.4, 0.5) is 10.5 Å². The lowest BCUT2D eigenvalue weighted by Gasteiger charge is -2.22. The fourth-order valence-electron chi connectivity index (χ4n) is 3.70. The summed E-state index contributed by atoms with van der Waals surface area (Å²) in [5.74, 6) is -0.188. The Labute approximate surface area is 218 Å². The molecule has 0 aliphatic rings. The number of anilines is 1. The predicted octanol–water partition coefficient (Wildman–Crippen LogP) is 4.07. The molecule has 0 aliphatic heterocycles. The number of carbonyl (C=O) groups excluding carboxylic acids is 2. The molecule has 0 spiro atoms. The Kier molecular flexibility index (Phi) is 9.68. The van der Waals surface area contributed by atoms with Gasteiger partial charge in [-0.2, -0.15) is 0 Å². The van der Waals surface area contributed by atoms with Gasteiger partial charge in [-0.3, -0.25) is 4.79 Å². The normalized spacial score (nSPS) is 11.9. The lowest BCUT2D eigenvalue weighted by atomic mass is 9.97. The van der Waals surface area contributed by atoms with Crippen LogP contribution in [0.3, 0.4) is 0 Å². The van der Waals surface area contributed by atoms with E-state index in [4.69, 9.17) is 4.74 Å². The van der Waals surface area contributed by atoms with Crippen molar-refractivity contribution in [1.82, 2.24) is 10.6 Å². The summed E-state index contributed by atoms with van der Waals surface area (Å²) >= 11 is 0. The van der Waals surface area contributed by atoms with E-state index >= 15 is 0 Å². The Balaban J connectivity index is 1.60. The number of amides is 2. The van der Waals surface area contributed by atoms with E-state index in [9.17, 15) is 18.0 Å². The van der Waals surface area contributed by atoms with Gasteiger partial charge in [-0.25, -0.2) is 13.2 Å². The fraction of sp³-hybridized carbons (Fsp3) is 0.286. The Bertz CT molecular complexity index is 1290. The molecule has 9 heteroatoms. The molecular formula is C28H33N3O5S. The fourth-order valence-corrected chi connectivity index (χ4v) is 4.33. The van der Waals surface area contributed by atoms with Crippen LogP contribution in [0.1, 0.15) is 35.6 Å². The Hall–Kier alpha value is -3.85. The second-order valence-electron chi connectivity index (χ2n) is 8.92. The summed E-state index contributed by atoms with van der Waals surface area (Å²) in [4.78, 5) is 26.9. The minimum Gasteiger partial charge on any atom is -0.445 e. The summed E-state index contributed by atoms with van der Waals surface area (Å²) in [5, 5.41) is 5.72. The lowest BCUT2D eigenvalue weighted by molar-refractivity contribution is -0.121. The zero-order valence-corrected chi connectivity index (χ0v) is 22.1. The Morgan fingerprint density at radius 1 is 0.919 bits per heavy atom. The van der Waals surface area contributed by atoms with Crippen molar-refractivity contribution in [2.24, 2.45) is 0 Å². The number of hydrogen-bond donors (Lipinski definition) is 2. The summed E-state index contributed by atoms with van der Waals surface area (Å²) in [6.45, 7) is 0.476. The van der Waals surface area contributed by atoms with Crippen molar-refractivity contribution in [3.63, 3.8) is 0 Å². The number of carbonyl (C=O) groups is 2. The van der Waals surface area contributed by atoms with Crippen LogP contribution in [0.5, 0.6) is 0 Å². The molecule has 0 fully saturated rings. The standard InChI is InChI=1S/C28H33N3O5S/c1-31(2)24-12-7-11-23(19-24)27(22-14-16-25(17-15-22)37(3,34)35)30-26(32)13-8-18-29-28(33)36-20-21-9-5-4-6-10-21/h4-7,9-12,14-17,19,27H,8,13,18,20H2,1-3H3,(H,29,33)(H,30,32). The summed E-state index contributed by atoms with van der Waals surface area (Å²) in [6.07, 6.45) is 1.26. The van der Waals surface area contributed by atoms with Gasteiger partial charge in [0.25, 0.3) is 0 Å². The third-order valence-corrected chi connectivity index (χ3v) is 6.86. The summed E-state index contributed by atoms with van der Waals surface area (Å²) in [5.41, 5.74) is 3.50. The monoisotopic (exact) mass is 523 g/mol. The Morgan fingerprint density at radius 3 is 2.27 bits per heavy atom. The predicted molar refractivity (Wildman–Crippen MR) is 144 cm³/mol. The maximum absolute atomic E-state index is 12.8. The topological polar surface area (TPSA) is 105 Å². The van der Waals surface area contributed by atoms with Crippen LogP contribution in [0.2, 0.25) is 0 Å². The third kappa shape index (κ3) is 8.64. The highest BCUT2D eigenvalue weighted by Crippen LogP contribution is 2.26. The van der Waals surface area contributed by atoms with Gasteiger partial charge in [0.2, 0.25) is 5.91 Å². The minimum atomic E-state index is -3.33. The molecule has 1 atom stereocenters. The van der Waals surface area contributed by atoms with Crippen LogP contribution in [-0.2, 0) is 26.0 Å². The second kappa shape index (κ2) is 12.9. The van der Waals surface area contributed by atoms with Gasteiger partial charge in [0.15, 0.2) is 9.84 Å². The van der Waals surface area contributed by atoms with E-state index in [-0.39, 0.29) is 23.8 Å². The molecule has 0 aliphatic carbocycles. The van der Waals surface area contributed by atoms with Crippen molar-refractivity contribution in [1.29, 1.82) is 0 Å². The third-order valence-electron chi connectivity index (χ3n) is 5.73. The van der Waals surface area contributed by atoms with Gasteiger partial charge in [0, 0.05) is 39.0 Å². The van der Waals surface area contributed by atoms with E-state index in [0.717, 1.165) is 28.6 Å². The van der Waals surface area contributed by atoms with E-state index in [2.05, 4.69) is 10.6 Å². The number of alkyl carbamates (subject to hydrolysis) is 1. The van der Waals surface area contributed by atoms with Crippen LogP contribution in [-0.4, -0.2) is 47.3 Å². The highest BCUT2D eigenvalue weighted by Gasteiger charge is 2.19. The average molecular weight is 524 g/mol. The first-order chi connectivity index (χ1) is 17.6. The van der Waals surface area contributed by atoms with Crippen molar-refractivity contribution in [3.05, 3.63) is 95.6 Å². The van der Waals surface area contributed by atoms with E-state index in [1.807, 2.05) is 73.6 Å². The van der Waals surface area contributed by atoms with Crippen LogP contribution in [0.15, 0.2) is 83.8 Å². The maximum atomic E-state index is 12.8. The maximum Gasteiger partial charge on any atom is 0.407 e.